The minimum absolute atomic E-state index is 0.193. The van der Waals surface area contributed by atoms with Crippen LogP contribution in [0.2, 0.25) is 0 Å². The van der Waals surface area contributed by atoms with E-state index in [2.05, 4.69) is 20.5 Å². The SMILES string of the molecule is Cn1ncc(C(=O)N2CCC2)c1C(=O)Nc1ccn2nc(-c3cccc(F)c3)nc2c1. The zero-order valence-corrected chi connectivity index (χ0v) is 16.6. The third-order valence-electron chi connectivity index (χ3n) is 5.21. The van der Waals surface area contributed by atoms with Gasteiger partial charge in [-0.25, -0.2) is 13.9 Å². The summed E-state index contributed by atoms with van der Waals surface area (Å²) in [6.07, 6.45) is 4.03. The number of nitrogens with zero attached hydrogens (tertiary/aromatic N) is 6. The van der Waals surface area contributed by atoms with Crippen molar-refractivity contribution < 1.29 is 14.0 Å². The largest absolute Gasteiger partial charge is 0.338 e. The van der Waals surface area contributed by atoms with E-state index in [-0.39, 0.29) is 23.0 Å². The fraction of sp³-hybridized carbons (Fsp3) is 0.190. The van der Waals surface area contributed by atoms with Crippen LogP contribution >= 0.6 is 0 Å². The van der Waals surface area contributed by atoms with Gasteiger partial charge in [0.2, 0.25) is 0 Å². The lowest BCUT2D eigenvalue weighted by Crippen LogP contribution is -2.42. The summed E-state index contributed by atoms with van der Waals surface area (Å²) in [5, 5.41) is 11.2. The summed E-state index contributed by atoms with van der Waals surface area (Å²) in [5.74, 6) is -0.642. The third-order valence-corrected chi connectivity index (χ3v) is 5.21. The Morgan fingerprint density at radius 1 is 1.16 bits per heavy atom. The molecule has 2 amide bonds. The number of pyridine rings is 1. The van der Waals surface area contributed by atoms with Gasteiger partial charge in [0.25, 0.3) is 11.8 Å². The van der Waals surface area contributed by atoms with Crippen molar-refractivity contribution in [1.82, 2.24) is 29.3 Å². The van der Waals surface area contributed by atoms with Crippen LogP contribution in [-0.4, -0.2) is 54.2 Å². The van der Waals surface area contributed by atoms with Gasteiger partial charge in [-0.1, -0.05) is 12.1 Å². The molecule has 10 heteroatoms. The highest BCUT2D eigenvalue weighted by atomic mass is 19.1. The minimum atomic E-state index is -0.446. The molecule has 0 unspecified atom stereocenters. The van der Waals surface area contributed by atoms with Crippen molar-refractivity contribution in [2.45, 2.75) is 6.42 Å². The highest BCUT2D eigenvalue weighted by Crippen LogP contribution is 2.21. The number of benzene rings is 1. The van der Waals surface area contributed by atoms with Crippen molar-refractivity contribution in [3.63, 3.8) is 0 Å². The maximum absolute atomic E-state index is 13.5. The average molecular weight is 419 g/mol. The van der Waals surface area contributed by atoms with E-state index in [1.807, 2.05) is 0 Å². The monoisotopic (exact) mass is 419 g/mol. The number of carbonyl (C=O) groups is 2. The smallest absolute Gasteiger partial charge is 0.274 e. The van der Waals surface area contributed by atoms with Crippen LogP contribution in [0.5, 0.6) is 0 Å². The summed E-state index contributed by atoms with van der Waals surface area (Å²) in [7, 11) is 1.62. The van der Waals surface area contributed by atoms with E-state index < -0.39 is 5.91 Å². The second-order valence-corrected chi connectivity index (χ2v) is 7.29. The number of aromatic nitrogens is 5. The van der Waals surface area contributed by atoms with Gasteiger partial charge in [0.1, 0.15) is 11.5 Å². The third kappa shape index (κ3) is 3.41. The number of rotatable bonds is 4. The van der Waals surface area contributed by atoms with Crippen LogP contribution in [0, 0.1) is 5.82 Å². The van der Waals surface area contributed by atoms with Gasteiger partial charge >= 0.3 is 0 Å². The molecule has 1 saturated heterocycles. The van der Waals surface area contributed by atoms with Crippen molar-refractivity contribution in [2.24, 2.45) is 7.05 Å². The number of carbonyl (C=O) groups excluding carboxylic acids is 2. The highest BCUT2D eigenvalue weighted by Gasteiger charge is 2.28. The number of fused-ring (bicyclic) bond motifs is 1. The van der Waals surface area contributed by atoms with E-state index in [4.69, 9.17) is 0 Å². The summed E-state index contributed by atoms with van der Waals surface area (Å²) >= 11 is 0. The second-order valence-electron chi connectivity index (χ2n) is 7.29. The lowest BCUT2D eigenvalue weighted by atomic mass is 10.1. The Morgan fingerprint density at radius 2 is 2.00 bits per heavy atom. The fourth-order valence-electron chi connectivity index (χ4n) is 3.45. The molecule has 31 heavy (non-hydrogen) atoms. The molecule has 0 atom stereocenters. The molecule has 4 heterocycles. The van der Waals surface area contributed by atoms with Gasteiger partial charge < -0.3 is 10.2 Å². The van der Waals surface area contributed by atoms with Crippen molar-refractivity contribution in [1.29, 1.82) is 0 Å². The van der Waals surface area contributed by atoms with E-state index >= 15 is 0 Å². The summed E-state index contributed by atoms with van der Waals surface area (Å²) in [6, 6.07) is 9.35. The molecule has 0 spiro atoms. The molecule has 156 valence electrons. The van der Waals surface area contributed by atoms with Crippen LogP contribution in [0.3, 0.4) is 0 Å². The number of nitrogens with one attached hydrogen (secondary N) is 1. The predicted octanol–water partition coefficient (Wildman–Crippen LogP) is 2.37. The zero-order chi connectivity index (χ0) is 21.5. The molecule has 0 aliphatic carbocycles. The molecular weight excluding hydrogens is 401 g/mol. The number of amides is 2. The Hall–Kier alpha value is -4.08. The molecule has 1 fully saturated rings. The highest BCUT2D eigenvalue weighted by molar-refractivity contribution is 6.11. The number of hydrogen-bond donors (Lipinski definition) is 1. The Morgan fingerprint density at radius 3 is 2.74 bits per heavy atom. The van der Waals surface area contributed by atoms with Crippen molar-refractivity contribution in [3.8, 4) is 11.4 Å². The van der Waals surface area contributed by atoms with E-state index in [9.17, 15) is 14.0 Å². The normalized spacial score (nSPS) is 13.3. The van der Waals surface area contributed by atoms with Gasteiger partial charge in [0.05, 0.1) is 11.8 Å². The molecule has 1 N–H and O–H groups in total. The molecule has 1 aliphatic rings. The molecule has 1 aliphatic heterocycles. The zero-order valence-electron chi connectivity index (χ0n) is 16.6. The Kier molecular flexibility index (Phi) is 4.46. The van der Waals surface area contributed by atoms with E-state index in [1.165, 1.54) is 23.0 Å². The van der Waals surface area contributed by atoms with E-state index in [0.717, 1.165) is 6.42 Å². The Balaban J connectivity index is 1.41. The average Bonchev–Trinajstić information content (AvgIpc) is 3.29. The Bertz CT molecular complexity index is 1320. The van der Waals surface area contributed by atoms with Crippen LogP contribution in [0.4, 0.5) is 10.1 Å². The molecular formula is C21H18FN7O2. The summed E-state index contributed by atoms with van der Waals surface area (Å²) < 4.78 is 16.4. The van der Waals surface area contributed by atoms with Crippen molar-refractivity contribution in [2.75, 3.05) is 18.4 Å². The first kappa shape index (κ1) is 18.9. The number of aryl methyl sites for hydroxylation is 1. The topological polar surface area (TPSA) is 97.4 Å². The van der Waals surface area contributed by atoms with Crippen LogP contribution in [-0.2, 0) is 7.05 Å². The van der Waals surface area contributed by atoms with Crippen molar-refractivity contribution in [3.05, 3.63) is 65.9 Å². The van der Waals surface area contributed by atoms with E-state index in [1.54, 1.807) is 46.9 Å². The lowest BCUT2D eigenvalue weighted by molar-refractivity contribution is 0.0648. The first-order valence-electron chi connectivity index (χ1n) is 9.74. The fourth-order valence-corrected chi connectivity index (χ4v) is 3.45. The molecule has 9 nitrogen and oxygen atoms in total. The molecule has 5 rings (SSSR count). The molecule has 4 aromatic rings. The maximum Gasteiger partial charge on any atom is 0.274 e. The minimum Gasteiger partial charge on any atom is -0.338 e. The molecule has 3 aromatic heterocycles. The number of likely N-dealkylation sites (tertiary alicyclic amines) is 1. The number of halogens is 1. The van der Waals surface area contributed by atoms with Gasteiger partial charge in [-0.2, -0.15) is 5.10 Å². The van der Waals surface area contributed by atoms with Gasteiger partial charge in [-0.05, 0) is 24.6 Å². The maximum atomic E-state index is 13.5. The van der Waals surface area contributed by atoms with Gasteiger partial charge in [-0.3, -0.25) is 14.3 Å². The lowest BCUT2D eigenvalue weighted by Gasteiger charge is -2.30. The van der Waals surface area contributed by atoms with Gasteiger partial charge in [0, 0.05) is 43.7 Å². The van der Waals surface area contributed by atoms with Crippen LogP contribution in [0.25, 0.3) is 17.0 Å². The van der Waals surface area contributed by atoms with Crippen LogP contribution in [0.15, 0.2) is 48.8 Å². The molecule has 0 radical (unpaired) electrons. The van der Waals surface area contributed by atoms with Crippen molar-refractivity contribution >= 4 is 23.1 Å². The summed E-state index contributed by atoms with van der Waals surface area (Å²) in [4.78, 5) is 31.6. The van der Waals surface area contributed by atoms with Crippen LogP contribution < -0.4 is 5.32 Å². The molecule has 1 aromatic carbocycles. The number of hydrogen-bond acceptors (Lipinski definition) is 5. The number of anilines is 1. The molecule has 0 saturated carbocycles. The molecule has 0 bridgehead atoms. The second kappa shape index (κ2) is 7.31. The van der Waals surface area contributed by atoms with E-state index in [0.29, 0.717) is 35.8 Å². The van der Waals surface area contributed by atoms with Crippen LogP contribution in [0.1, 0.15) is 27.3 Å². The first-order valence-corrected chi connectivity index (χ1v) is 9.74. The van der Waals surface area contributed by atoms with Gasteiger partial charge in [-0.15, -0.1) is 5.10 Å². The first-order chi connectivity index (χ1) is 15.0. The van der Waals surface area contributed by atoms with Gasteiger partial charge in [0.15, 0.2) is 11.5 Å². The quantitative estimate of drug-likeness (QED) is 0.548. The Labute approximate surface area is 176 Å². The standard InChI is InChI=1S/C21H18FN7O2/c1-27-18(16(12-23-27)21(31)28-7-3-8-28)20(30)24-15-6-9-29-17(11-15)25-19(26-29)13-4-2-5-14(22)10-13/h2,4-6,9-12H,3,7-8H2,1H3,(H,24,30). The summed E-state index contributed by atoms with van der Waals surface area (Å²) in [6.45, 7) is 1.37. The predicted molar refractivity (Wildman–Crippen MR) is 110 cm³/mol. The summed E-state index contributed by atoms with van der Waals surface area (Å²) in [5.41, 5.74) is 1.99.